The Kier molecular flexibility index (Phi) is 5.29. The van der Waals surface area contributed by atoms with Crippen molar-refractivity contribution in [3.8, 4) is 11.5 Å². The molecule has 1 aliphatic heterocycles. The quantitative estimate of drug-likeness (QED) is 0.829. The number of amides is 1. The van der Waals surface area contributed by atoms with Gasteiger partial charge in [-0.1, -0.05) is 12.1 Å². The van der Waals surface area contributed by atoms with Crippen LogP contribution in [-0.4, -0.2) is 41.3 Å². The number of rotatable bonds is 4. The Bertz CT molecular complexity index is 745. The number of carbonyl (C=O) groups is 1. The van der Waals surface area contributed by atoms with Gasteiger partial charge < -0.3 is 14.4 Å². The van der Waals surface area contributed by atoms with Crippen molar-refractivity contribution < 1.29 is 27.4 Å². The van der Waals surface area contributed by atoms with E-state index in [0.29, 0.717) is 31.7 Å². The number of para-hydroxylation sites is 1. The highest BCUT2D eigenvalue weighted by Crippen LogP contribution is 2.28. The zero-order valence-electron chi connectivity index (χ0n) is 13.8. The molecule has 1 aromatic carbocycles. The summed E-state index contributed by atoms with van der Waals surface area (Å²) < 4.78 is 47.3. The van der Waals surface area contributed by atoms with E-state index in [4.69, 9.17) is 4.74 Å². The average Bonchev–Trinajstić information content (AvgIpc) is 2.62. The number of piperidine rings is 1. The fourth-order valence-electron chi connectivity index (χ4n) is 2.81. The summed E-state index contributed by atoms with van der Waals surface area (Å²) in [5, 5.41) is 0. The molecule has 5 nitrogen and oxygen atoms in total. The van der Waals surface area contributed by atoms with E-state index in [9.17, 15) is 18.0 Å². The van der Waals surface area contributed by atoms with Crippen LogP contribution in [0.3, 0.4) is 0 Å². The lowest BCUT2D eigenvalue weighted by Gasteiger charge is -2.32. The molecule has 0 bridgehead atoms. The second-order valence-corrected chi connectivity index (χ2v) is 5.84. The molecule has 1 aromatic heterocycles. The second-order valence-electron chi connectivity index (χ2n) is 5.84. The minimum atomic E-state index is -4.85. The van der Waals surface area contributed by atoms with Gasteiger partial charge in [0.2, 0.25) is 0 Å². The van der Waals surface area contributed by atoms with Gasteiger partial charge in [0.05, 0.1) is 5.56 Å². The first kappa shape index (κ1) is 18.0. The van der Waals surface area contributed by atoms with Crippen LogP contribution in [0, 0.1) is 0 Å². The maximum Gasteiger partial charge on any atom is 0.573 e. The van der Waals surface area contributed by atoms with E-state index in [1.54, 1.807) is 24.5 Å². The van der Waals surface area contributed by atoms with Crippen molar-refractivity contribution in [1.82, 2.24) is 9.88 Å². The largest absolute Gasteiger partial charge is 0.573 e. The summed E-state index contributed by atoms with van der Waals surface area (Å²) in [4.78, 5) is 18.0. The molecule has 26 heavy (non-hydrogen) atoms. The minimum absolute atomic E-state index is 0.0527. The highest BCUT2D eigenvalue weighted by atomic mass is 19.4. The normalized spacial score (nSPS) is 15.6. The van der Waals surface area contributed by atoms with Gasteiger partial charge in [0.1, 0.15) is 17.6 Å². The predicted octanol–water partition coefficient (Wildman–Crippen LogP) is 3.66. The highest BCUT2D eigenvalue weighted by molar-refractivity contribution is 5.97. The maximum absolute atomic E-state index is 12.6. The molecule has 3 rings (SSSR count). The zero-order chi connectivity index (χ0) is 18.6. The Labute approximate surface area is 148 Å². The highest BCUT2D eigenvalue weighted by Gasteiger charge is 2.34. The molecule has 1 amide bonds. The maximum atomic E-state index is 12.6. The van der Waals surface area contributed by atoms with Crippen LogP contribution in [-0.2, 0) is 0 Å². The van der Waals surface area contributed by atoms with Gasteiger partial charge in [-0.05, 0) is 24.3 Å². The van der Waals surface area contributed by atoms with Gasteiger partial charge in [0, 0.05) is 38.3 Å². The monoisotopic (exact) mass is 366 g/mol. The van der Waals surface area contributed by atoms with Crippen molar-refractivity contribution >= 4 is 5.91 Å². The minimum Gasteiger partial charge on any atom is -0.490 e. The van der Waals surface area contributed by atoms with E-state index in [1.807, 2.05) is 0 Å². The molecule has 0 radical (unpaired) electrons. The molecule has 2 aromatic rings. The lowest BCUT2D eigenvalue weighted by molar-refractivity contribution is -0.274. The fraction of sp³-hybridized carbons (Fsp3) is 0.333. The molecule has 0 N–H and O–H groups in total. The van der Waals surface area contributed by atoms with Crippen LogP contribution in [0.2, 0.25) is 0 Å². The van der Waals surface area contributed by atoms with Crippen LogP contribution in [0.1, 0.15) is 23.2 Å². The van der Waals surface area contributed by atoms with Crippen molar-refractivity contribution in [3.63, 3.8) is 0 Å². The topological polar surface area (TPSA) is 51.7 Å². The van der Waals surface area contributed by atoms with Crippen LogP contribution in [0.5, 0.6) is 11.5 Å². The number of carbonyl (C=O) groups excluding carboxylic acids is 1. The molecule has 0 spiro atoms. The van der Waals surface area contributed by atoms with Crippen molar-refractivity contribution in [3.05, 3.63) is 54.4 Å². The number of ether oxygens (including phenoxy) is 2. The molecule has 1 aliphatic rings. The van der Waals surface area contributed by atoms with Crippen molar-refractivity contribution in [2.24, 2.45) is 0 Å². The lowest BCUT2D eigenvalue weighted by atomic mass is 10.1. The molecule has 0 atom stereocenters. The zero-order valence-corrected chi connectivity index (χ0v) is 13.8. The molecule has 0 unspecified atom stereocenters. The summed E-state index contributed by atoms with van der Waals surface area (Å²) in [6, 6.07) is 8.88. The standard InChI is InChI=1S/C18H17F3N2O3/c19-18(20,21)26-16-4-2-1-3-15(16)17(24)23-11-7-14(8-12-23)25-13-5-9-22-10-6-13/h1-6,9-10,14H,7-8,11-12H2. The first-order valence-electron chi connectivity index (χ1n) is 8.13. The molecular formula is C18H17F3N2O3. The van der Waals surface area contributed by atoms with Crippen LogP contribution in [0.4, 0.5) is 13.2 Å². The molecule has 0 aliphatic carbocycles. The molecule has 1 saturated heterocycles. The third kappa shape index (κ3) is 4.65. The number of aromatic nitrogens is 1. The lowest BCUT2D eigenvalue weighted by Crippen LogP contribution is -2.42. The number of pyridine rings is 1. The third-order valence-corrected chi connectivity index (χ3v) is 4.02. The summed E-state index contributed by atoms with van der Waals surface area (Å²) in [7, 11) is 0. The van der Waals surface area contributed by atoms with Gasteiger partial charge in [-0.15, -0.1) is 13.2 Å². The number of halogens is 3. The number of likely N-dealkylation sites (tertiary alicyclic amines) is 1. The van der Waals surface area contributed by atoms with E-state index >= 15 is 0 Å². The molecular weight excluding hydrogens is 349 g/mol. The molecule has 1 fully saturated rings. The Balaban J connectivity index is 1.62. The molecule has 2 heterocycles. The van der Waals surface area contributed by atoms with Gasteiger partial charge in [-0.25, -0.2) is 0 Å². The van der Waals surface area contributed by atoms with Gasteiger partial charge >= 0.3 is 6.36 Å². The van der Waals surface area contributed by atoms with E-state index in [0.717, 1.165) is 6.07 Å². The van der Waals surface area contributed by atoms with Crippen LogP contribution in [0.15, 0.2) is 48.8 Å². The van der Waals surface area contributed by atoms with Gasteiger partial charge in [0.25, 0.3) is 5.91 Å². The fourth-order valence-corrected chi connectivity index (χ4v) is 2.81. The molecule has 0 saturated carbocycles. The summed E-state index contributed by atoms with van der Waals surface area (Å²) >= 11 is 0. The van der Waals surface area contributed by atoms with E-state index in [2.05, 4.69) is 9.72 Å². The number of nitrogens with zero attached hydrogens (tertiary/aromatic N) is 2. The first-order chi connectivity index (χ1) is 12.4. The average molecular weight is 366 g/mol. The Morgan fingerprint density at radius 3 is 2.38 bits per heavy atom. The summed E-state index contributed by atoms with van der Waals surface area (Å²) in [6.07, 6.45) is -0.450. The summed E-state index contributed by atoms with van der Waals surface area (Å²) in [5.41, 5.74) is -0.0988. The second kappa shape index (κ2) is 7.63. The first-order valence-corrected chi connectivity index (χ1v) is 8.13. The Hall–Kier alpha value is -2.77. The van der Waals surface area contributed by atoms with Crippen LogP contribution < -0.4 is 9.47 Å². The smallest absolute Gasteiger partial charge is 0.490 e. The van der Waals surface area contributed by atoms with Crippen LogP contribution in [0.25, 0.3) is 0 Å². The van der Waals surface area contributed by atoms with Crippen molar-refractivity contribution in [2.75, 3.05) is 13.1 Å². The van der Waals surface area contributed by atoms with Crippen molar-refractivity contribution in [1.29, 1.82) is 0 Å². The van der Waals surface area contributed by atoms with E-state index < -0.39 is 18.0 Å². The van der Waals surface area contributed by atoms with Crippen LogP contribution >= 0.6 is 0 Å². The van der Waals surface area contributed by atoms with Gasteiger partial charge in [-0.3, -0.25) is 9.78 Å². The number of alkyl halides is 3. The Morgan fingerprint density at radius 2 is 1.73 bits per heavy atom. The molecule has 138 valence electrons. The number of hydrogen-bond acceptors (Lipinski definition) is 4. The van der Waals surface area contributed by atoms with Crippen molar-refractivity contribution in [2.45, 2.75) is 25.3 Å². The van der Waals surface area contributed by atoms with E-state index in [1.165, 1.54) is 23.1 Å². The van der Waals surface area contributed by atoms with Gasteiger partial charge in [-0.2, -0.15) is 0 Å². The summed E-state index contributed by atoms with van der Waals surface area (Å²) in [6.45, 7) is 0.796. The third-order valence-electron chi connectivity index (χ3n) is 4.02. The SMILES string of the molecule is O=C(c1ccccc1OC(F)(F)F)N1CCC(Oc2ccncc2)CC1. The summed E-state index contributed by atoms with van der Waals surface area (Å²) in [5.74, 6) is -0.263. The Morgan fingerprint density at radius 1 is 1.08 bits per heavy atom. The van der Waals surface area contributed by atoms with E-state index in [-0.39, 0.29) is 11.7 Å². The number of benzene rings is 1. The molecule has 8 heteroatoms. The predicted molar refractivity (Wildman–Crippen MR) is 86.9 cm³/mol. The number of hydrogen-bond donors (Lipinski definition) is 0. The van der Waals surface area contributed by atoms with Gasteiger partial charge in [0.15, 0.2) is 0 Å².